The molecule has 4 nitrogen and oxygen atoms in total. The van der Waals surface area contributed by atoms with E-state index >= 15 is 0 Å². The van der Waals surface area contributed by atoms with E-state index in [2.05, 4.69) is 10.2 Å². The summed E-state index contributed by atoms with van der Waals surface area (Å²) >= 11 is 5.79. The van der Waals surface area contributed by atoms with Crippen molar-refractivity contribution < 1.29 is 4.79 Å². The van der Waals surface area contributed by atoms with E-state index < -0.39 is 0 Å². The van der Waals surface area contributed by atoms with Gasteiger partial charge in [0.1, 0.15) is 0 Å². The zero-order chi connectivity index (χ0) is 14.0. The summed E-state index contributed by atoms with van der Waals surface area (Å²) < 4.78 is 0. The second-order valence-electron chi connectivity index (χ2n) is 4.48. The van der Waals surface area contributed by atoms with Crippen molar-refractivity contribution in [3.63, 3.8) is 0 Å². The van der Waals surface area contributed by atoms with E-state index in [4.69, 9.17) is 11.6 Å². The highest BCUT2D eigenvalue weighted by molar-refractivity contribution is 6.29. The van der Waals surface area contributed by atoms with Crippen LogP contribution in [0.2, 0.25) is 5.15 Å². The molecule has 0 atom stereocenters. The quantitative estimate of drug-likeness (QED) is 0.847. The molecule has 0 aliphatic carbocycles. The normalized spacial score (nSPS) is 10.3. The number of hydrogen-bond donors (Lipinski definition) is 0. The molecule has 0 aliphatic heterocycles. The van der Waals surface area contributed by atoms with Crippen molar-refractivity contribution in [3.8, 4) is 11.3 Å². The van der Waals surface area contributed by atoms with Gasteiger partial charge in [-0.1, -0.05) is 23.7 Å². The molecular formula is C14H14ClN3O. The molecular weight excluding hydrogens is 262 g/mol. The summed E-state index contributed by atoms with van der Waals surface area (Å²) in [5.74, 6) is -0.0403. The highest BCUT2D eigenvalue weighted by Crippen LogP contribution is 2.23. The molecule has 0 radical (unpaired) electrons. The van der Waals surface area contributed by atoms with Crippen LogP contribution in [0.1, 0.15) is 15.9 Å². The third-order valence-corrected chi connectivity index (χ3v) is 2.93. The summed E-state index contributed by atoms with van der Waals surface area (Å²) in [7, 11) is 3.45. The van der Waals surface area contributed by atoms with Crippen molar-refractivity contribution in [3.05, 3.63) is 46.6 Å². The van der Waals surface area contributed by atoms with Crippen molar-refractivity contribution in [1.29, 1.82) is 0 Å². The molecule has 2 rings (SSSR count). The molecule has 0 aliphatic rings. The van der Waals surface area contributed by atoms with Crippen LogP contribution in [0.4, 0.5) is 0 Å². The lowest BCUT2D eigenvalue weighted by Gasteiger charge is -2.11. The maximum atomic E-state index is 11.9. The number of amides is 1. The van der Waals surface area contributed by atoms with Crippen molar-refractivity contribution in [2.75, 3.05) is 14.1 Å². The van der Waals surface area contributed by atoms with Gasteiger partial charge >= 0.3 is 0 Å². The Bertz CT molecular complexity index is 626. The van der Waals surface area contributed by atoms with Crippen LogP contribution in [0.15, 0.2) is 30.3 Å². The van der Waals surface area contributed by atoms with Gasteiger partial charge in [0.2, 0.25) is 0 Å². The minimum Gasteiger partial charge on any atom is -0.345 e. The van der Waals surface area contributed by atoms with Crippen LogP contribution in [0.5, 0.6) is 0 Å². The SMILES string of the molecule is Cc1cc(Cl)nnc1-c1cccc(C(=O)N(C)C)c1. The molecule has 0 saturated heterocycles. The molecule has 5 heteroatoms. The van der Waals surface area contributed by atoms with Gasteiger partial charge in [-0.05, 0) is 30.7 Å². The molecule has 2 aromatic rings. The highest BCUT2D eigenvalue weighted by atomic mass is 35.5. The first kappa shape index (κ1) is 13.5. The van der Waals surface area contributed by atoms with Gasteiger partial charge in [-0.25, -0.2) is 0 Å². The first-order chi connectivity index (χ1) is 8.99. The number of aromatic nitrogens is 2. The zero-order valence-corrected chi connectivity index (χ0v) is 11.8. The first-order valence-corrected chi connectivity index (χ1v) is 6.19. The molecule has 1 aromatic heterocycles. The van der Waals surface area contributed by atoms with Crippen LogP contribution < -0.4 is 0 Å². The number of halogens is 1. The Kier molecular flexibility index (Phi) is 3.81. The first-order valence-electron chi connectivity index (χ1n) is 5.81. The fourth-order valence-corrected chi connectivity index (χ4v) is 2.00. The third kappa shape index (κ3) is 2.90. The van der Waals surface area contributed by atoms with Crippen molar-refractivity contribution in [2.24, 2.45) is 0 Å². The maximum absolute atomic E-state index is 11.9. The van der Waals surface area contributed by atoms with Gasteiger partial charge in [0.25, 0.3) is 5.91 Å². The molecule has 0 saturated carbocycles. The Morgan fingerprint density at radius 2 is 1.95 bits per heavy atom. The summed E-state index contributed by atoms with van der Waals surface area (Å²) in [6.45, 7) is 1.91. The van der Waals surface area contributed by atoms with Crippen LogP contribution in [-0.2, 0) is 0 Å². The van der Waals surface area contributed by atoms with E-state index in [0.717, 1.165) is 16.8 Å². The lowest BCUT2D eigenvalue weighted by atomic mass is 10.0. The second-order valence-corrected chi connectivity index (χ2v) is 4.87. The topological polar surface area (TPSA) is 46.1 Å². The smallest absolute Gasteiger partial charge is 0.253 e. The molecule has 0 unspecified atom stereocenters. The Labute approximate surface area is 117 Å². The predicted octanol–water partition coefficient (Wildman–Crippen LogP) is 2.81. The Hall–Kier alpha value is -1.94. The highest BCUT2D eigenvalue weighted by Gasteiger charge is 2.11. The molecule has 0 fully saturated rings. The molecule has 1 heterocycles. The van der Waals surface area contributed by atoms with E-state index in [-0.39, 0.29) is 5.91 Å². The molecule has 0 N–H and O–H groups in total. The van der Waals surface area contributed by atoms with Gasteiger partial charge in [-0.3, -0.25) is 4.79 Å². The second kappa shape index (κ2) is 5.36. The van der Waals surface area contributed by atoms with Crippen molar-refractivity contribution >= 4 is 17.5 Å². The fourth-order valence-electron chi connectivity index (χ4n) is 1.80. The number of carbonyl (C=O) groups excluding carboxylic acids is 1. The van der Waals surface area contributed by atoms with Crippen LogP contribution in [0.25, 0.3) is 11.3 Å². The van der Waals surface area contributed by atoms with Crippen LogP contribution in [0.3, 0.4) is 0 Å². The van der Waals surface area contributed by atoms with Crippen molar-refractivity contribution in [2.45, 2.75) is 6.92 Å². The number of aryl methyl sites for hydroxylation is 1. The Morgan fingerprint density at radius 1 is 1.21 bits per heavy atom. The molecule has 1 aromatic carbocycles. The number of carbonyl (C=O) groups is 1. The minimum atomic E-state index is -0.0403. The predicted molar refractivity (Wildman–Crippen MR) is 75.2 cm³/mol. The van der Waals surface area contributed by atoms with Gasteiger partial charge in [0.05, 0.1) is 5.69 Å². The molecule has 0 bridgehead atoms. The number of benzene rings is 1. The lowest BCUT2D eigenvalue weighted by Crippen LogP contribution is -2.21. The van der Waals surface area contributed by atoms with Gasteiger partial charge in [0, 0.05) is 25.2 Å². The lowest BCUT2D eigenvalue weighted by molar-refractivity contribution is 0.0827. The van der Waals surface area contributed by atoms with E-state index in [1.807, 2.05) is 25.1 Å². The van der Waals surface area contributed by atoms with Gasteiger partial charge in [-0.2, -0.15) is 0 Å². The van der Waals surface area contributed by atoms with E-state index in [0.29, 0.717) is 10.7 Å². The van der Waals surface area contributed by atoms with Crippen LogP contribution >= 0.6 is 11.6 Å². The molecule has 98 valence electrons. The third-order valence-electron chi connectivity index (χ3n) is 2.74. The average molecular weight is 276 g/mol. The minimum absolute atomic E-state index is 0.0403. The molecule has 1 amide bonds. The average Bonchev–Trinajstić information content (AvgIpc) is 2.38. The summed E-state index contributed by atoms with van der Waals surface area (Å²) in [6, 6.07) is 9.08. The number of nitrogens with zero attached hydrogens (tertiary/aromatic N) is 3. The zero-order valence-electron chi connectivity index (χ0n) is 11.0. The maximum Gasteiger partial charge on any atom is 0.253 e. The van der Waals surface area contributed by atoms with Gasteiger partial charge in [0.15, 0.2) is 5.15 Å². The van der Waals surface area contributed by atoms with Crippen LogP contribution in [0, 0.1) is 6.92 Å². The molecule has 0 spiro atoms. The molecule has 19 heavy (non-hydrogen) atoms. The monoisotopic (exact) mass is 275 g/mol. The number of rotatable bonds is 2. The fraction of sp³-hybridized carbons (Fsp3) is 0.214. The summed E-state index contributed by atoms with van der Waals surface area (Å²) in [6.07, 6.45) is 0. The standard InChI is InChI=1S/C14H14ClN3O/c1-9-7-12(15)16-17-13(9)10-5-4-6-11(8-10)14(19)18(2)3/h4-8H,1-3H3. The summed E-state index contributed by atoms with van der Waals surface area (Å²) in [5.41, 5.74) is 3.14. The van der Waals surface area contributed by atoms with E-state index in [9.17, 15) is 4.79 Å². The van der Waals surface area contributed by atoms with Crippen LogP contribution in [-0.4, -0.2) is 35.1 Å². The largest absolute Gasteiger partial charge is 0.345 e. The summed E-state index contributed by atoms with van der Waals surface area (Å²) in [5, 5.41) is 8.30. The Balaban J connectivity index is 2.46. The van der Waals surface area contributed by atoms with Gasteiger partial charge in [-0.15, -0.1) is 10.2 Å². The summed E-state index contributed by atoms with van der Waals surface area (Å²) in [4.78, 5) is 13.5. The van der Waals surface area contributed by atoms with Gasteiger partial charge < -0.3 is 4.90 Å². The van der Waals surface area contributed by atoms with Crippen molar-refractivity contribution in [1.82, 2.24) is 15.1 Å². The van der Waals surface area contributed by atoms with E-state index in [1.54, 1.807) is 31.1 Å². The van der Waals surface area contributed by atoms with E-state index in [1.165, 1.54) is 0 Å². The number of hydrogen-bond acceptors (Lipinski definition) is 3. The Morgan fingerprint density at radius 3 is 2.58 bits per heavy atom.